The van der Waals surface area contributed by atoms with Gasteiger partial charge in [0, 0.05) is 24.9 Å². The van der Waals surface area contributed by atoms with Gasteiger partial charge in [-0.05, 0) is 20.3 Å². The number of likely N-dealkylation sites (tertiary alicyclic amines) is 1. The number of carboxylic acid groups (broad SMARTS) is 1. The first-order valence-corrected chi connectivity index (χ1v) is 6.39. The van der Waals surface area contributed by atoms with Crippen LogP contribution in [0, 0.1) is 0 Å². The van der Waals surface area contributed by atoms with Crippen LogP contribution in [0.25, 0.3) is 0 Å². The van der Waals surface area contributed by atoms with Gasteiger partial charge in [-0.15, -0.1) is 11.8 Å². The Morgan fingerprint density at radius 1 is 1.67 bits per heavy atom. The van der Waals surface area contributed by atoms with Crippen molar-refractivity contribution in [2.45, 2.75) is 37.2 Å². The van der Waals surface area contributed by atoms with Crippen molar-refractivity contribution in [3.05, 3.63) is 0 Å². The van der Waals surface area contributed by atoms with Gasteiger partial charge in [0.15, 0.2) is 0 Å². The van der Waals surface area contributed by atoms with Gasteiger partial charge in [0.1, 0.15) is 6.04 Å². The van der Waals surface area contributed by atoms with Crippen molar-refractivity contribution in [1.29, 1.82) is 0 Å². The van der Waals surface area contributed by atoms with E-state index in [-0.39, 0.29) is 10.9 Å². The molecule has 2 aliphatic rings. The predicted molar refractivity (Wildman–Crippen MR) is 61.1 cm³/mol. The molecule has 2 heterocycles. The molecule has 2 rings (SSSR count). The fourth-order valence-corrected chi connectivity index (χ4v) is 3.69. The Bertz CT molecular complexity index is 272. The first kappa shape index (κ1) is 11.2. The Labute approximate surface area is 94.4 Å². The molecule has 2 saturated heterocycles. The lowest BCUT2D eigenvalue weighted by molar-refractivity contribution is -0.138. The van der Waals surface area contributed by atoms with Gasteiger partial charge < -0.3 is 5.11 Å². The van der Waals surface area contributed by atoms with Crippen LogP contribution < -0.4 is 5.32 Å². The molecule has 5 heteroatoms. The molecule has 86 valence electrons. The number of nitrogens with zero attached hydrogens (tertiary/aromatic N) is 1. The summed E-state index contributed by atoms with van der Waals surface area (Å²) in [6, 6.07) is 0.192. The Hall–Kier alpha value is -0.260. The fourth-order valence-electron chi connectivity index (χ4n) is 2.26. The highest BCUT2D eigenvalue weighted by Gasteiger charge is 2.46. The molecule has 15 heavy (non-hydrogen) atoms. The second-order valence-electron chi connectivity index (χ2n) is 4.65. The molecule has 0 aromatic rings. The maximum atomic E-state index is 10.9. The van der Waals surface area contributed by atoms with E-state index in [1.165, 1.54) is 0 Å². The summed E-state index contributed by atoms with van der Waals surface area (Å²) in [6.07, 6.45) is 1.06. The molecular weight excluding hydrogens is 212 g/mol. The van der Waals surface area contributed by atoms with E-state index in [4.69, 9.17) is 5.11 Å². The van der Waals surface area contributed by atoms with Crippen LogP contribution in [0.4, 0.5) is 0 Å². The lowest BCUT2D eigenvalue weighted by atomic mass is 10.2. The number of carbonyl (C=O) groups is 1. The predicted octanol–water partition coefficient (Wildman–Crippen LogP) is 0.586. The van der Waals surface area contributed by atoms with Gasteiger partial charge in [-0.3, -0.25) is 15.0 Å². The van der Waals surface area contributed by atoms with Gasteiger partial charge in [-0.25, -0.2) is 0 Å². The first-order chi connectivity index (χ1) is 7.02. The maximum Gasteiger partial charge on any atom is 0.321 e. The molecule has 0 aromatic heterocycles. The largest absolute Gasteiger partial charge is 0.480 e. The summed E-state index contributed by atoms with van der Waals surface area (Å²) in [6.45, 7) is 6.42. The first-order valence-electron chi connectivity index (χ1n) is 5.41. The highest BCUT2D eigenvalue weighted by Crippen LogP contribution is 2.38. The Morgan fingerprint density at radius 2 is 2.40 bits per heavy atom. The minimum absolute atomic E-state index is 0.00727. The molecule has 2 fully saturated rings. The van der Waals surface area contributed by atoms with Crippen molar-refractivity contribution in [3.8, 4) is 0 Å². The van der Waals surface area contributed by atoms with Crippen LogP contribution in [-0.2, 0) is 4.79 Å². The van der Waals surface area contributed by atoms with E-state index >= 15 is 0 Å². The van der Waals surface area contributed by atoms with Crippen LogP contribution in [0.5, 0.6) is 0 Å². The fraction of sp³-hybridized carbons (Fsp3) is 0.900. The van der Waals surface area contributed by atoms with E-state index in [1.807, 2.05) is 0 Å². The molecule has 0 saturated carbocycles. The van der Waals surface area contributed by atoms with Gasteiger partial charge in [0.25, 0.3) is 0 Å². The van der Waals surface area contributed by atoms with E-state index in [1.54, 1.807) is 11.8 Å². The molecule has 0 amide bonds. The Morgan fingerprint density at radius 3 is 2.87 bits per heavy atom. The molecule has 2 N–H and O–H groups in total. The third kappa shape index (κ3) is 2.14. The van der Waals surface area contributed by atoms with E-state index in [0.717, 1.165) is 19.5 Å². The topological polar surface area (TPSA) is 52.6 Å². The summed E-state index contributed by atoms with van der Waals surface area (Å²) < 4.78 is 0. The number of aliphatic carboxylic acids is 1. The van der Waals surface area contributed by atoms with Crippen molar-refractivity contribution in [2.75, 3.05) is 18.8 Å². The van der Waals surface area contributed by atoms with Gasteiger partial charge in [0.05, 0.1) is 4.87 Å². The second kappa shape index (κ2) is 3.96. The number of rotatable bonds is 2. The summed E-state index contributed by atoms with van der Waals surface area (Å²) in [5.41, 5.74) is 0. The molecule has 0 aliphatic carbocycles. The highest BCUT2D eigenvalue weighted by molar-refractivity contribution is 8.01. The van der Waals surface area contributed by atoms with E-state index in [0.29, 0.717) is 11.8 Å². The summed E-state index contributed by atoms with van der Waals surface area (Å²) in [5.74, 6) is -0.0243. The average molecular weight is 230 g/mol. The third-order valence-electron chi connectivity index (χ3n) is 3.25. The number of nitrogens with one attached hydrogen (secondary N) is 1. The lowest BCUT2D eigenvalue weighted by Crippen LogP contribution is -2.47. The molecule has 0 aromatic carbocycles. The smallest absolute Gasteiger partial charge is 0.321 e. The normalized spacial score (nSPS) is 36.9. The van der Waals surface area contributed by atoms with Crippen LogP contribution in [0.2, 0.25) is 0 Å². The van der Waals surface area contributed by atoms with Crippen molar-refractivity contribution >= 4 is 17.7 Å². The zero-order valence-corrected chi connectivity index (χ0v) is 10.0. The van der Waals surface area contributed by atoms with Crippen LogP contribution in [0.15, 0.2) is 0 Å². The molecule has 1 unspecified atom stereocenters. The SMILES string of the molecule is CC(C)N1CCC2(C1)N[C@@H](C(=O)O)CS2. The summed E-state index contributed by atoms with van der Waals surface area (Å²) in [4.78, 5) is 13.3. The van der Waals surface area contributed by atoms with E-state index < -0.39 is 5.97 Å². The van der Waals surface area contributed by atoms with Crippen LogP contribution >= 0.6 is 11.8 Å². The zero-order valence-electron chi connectivity index (χ0n) is 9.19. The van der Waals surface area contributed by atoms with E-state index in [9.17, 15) is 4.79 Å². The monoisotopic (exact) mass is 230 g/mol. The maximum absolute atomic E-state index is 10.9. The molecule has 2 atom stereocenters. The van der Waals surface area contributed by atoms with Crippen molar-refractivity contribution in [2.24, 2.45) is 0 Å². The Balaban J connectivity index is 1.98. The summed E-state index contributed by atoms with van der Waals surface area (Å²) in [5, 5.41) is 12.2. The van der Waals surface area contributed by atoms with Crippen molar-refractivity contribution < 1.29 is 9.90 Å². The number of hydrogen-bond donors (Lipinski definition) is 2. The zero-order chi connectivity index (χ0) is 11.1. The third-order valence-corrected chi connectivity index (χ3v) is 4.76. The Kier molecular flexibility index (Phi) is 2.96. The standard InChI is InChI=1S/C10H18N2O2S/c1-7(2)12-4-3-10(6-12)11-8(5-15-10)9(13)14/h7-8,11H,3-6H2,1-2H3,(H,13,14)/t8-,10?/m1/s1. The minimum Gasteiger partial charge on any atom is -0.480 e. The molecule has 4 nitrogen and oxygen atoms in total. The summed E-state index contributed by atoms with van der Waals surface area (Å²) in [7, 11) is 0. The van der Waals surface area contributed by atoms with Crippen LogP contribution in [-0.4, -0.2) is 51.8 Å². The molecule has 1 spiro atoms. The highest BCUT2D eigenvalue weighted by atomic mass is 32.2. The van der Waals surface area contributed by atoms with Crippen LogP contribution in [0.1, 0.15) is 20.3 Å². The molecule has 0 bridgehead atoms. The summed E-state index contributed by atoms with van der Waals surface area (Å²) >= 11 is 1.78. The molecule has 2 aliphatic heterocycles. The molecular formula is C10H18N2O2S. The van der Waals surface area contributed by atoms with Crippen molar-refractivity contribution in [3.63, 3.8) is 0 Å². The number of carboxylic acids is 1. The van der Waals surface area contributed by atoms with Gasteiger partial charge in [-0.2, -0.15) is 0 Å². The average Bonchev–Trinajstić information content (AvgIpc) is 2.74. The number of hydrogen-bond acceptors (Lipinski definition) is 4. The minimum atomic E-state index is -0.720. The van der Waals surface area contributed by atoms with Gasteiger partial charge in [-0.1, -0.05) is 0 Å². The second-order valence-corrected chi connectivity index (χ2v) is 6.06. The quantitative estimate of drug-likeness (QED) is 0.727. The van der Waals surface area contributed by atoms with Crippen molar-refractivity contribution in [1.82, 2.24) is 10.2 Å². The van der Waals surface area contributed by atoms with Gasteiger partial charge in [0.2, 0.25) is 0 Å². The number of thioether (sulfide) groups is 1. The van der Waals surface area contributed by atoms with Crippen LogP contribution in [0.3, 0.4) is 0 Å². The lowest BCUT2D eigenvalue weighted by Gasteiger charge is -2.26. The van der Waals surface area contributed by atoms with E-state index in [2.05, 4.69) is 24.1 Å². The van der Waals surface area contributed by atoms with Gasteiger partial charge >= 0.3 is 5.97 Å². The molecule has 0 radical (unpaired) electrons.